The van der Waals surface area contributed by atoms with Crippen molar-refractivity contribution in [1.82, 2.24) is 5.32 Å². The number of benzene rings is 5. The molecule has 5 aromatic carbocycles. The molecule has 0 saturated carbocycles. The summed E-state index contributed by atoms with van der Waals surface area (Å²) in [6.07, 6.45) is 1.79. The van der Waals surface area contributed by atoms with Gasteiger partial charge in [0.15, 0.2) is 0 Å². The number of hydrogen-bond donors (Lipinski definition) is 1. The molecule has 0 heterocycles. The van der Waals surface area contributed by atoms with Crippen molar-refractivity contribution in [3.63, 3.8) is 0 Å². The summed E-state index contributed by atoms with van der Waals surface area (Å²) in [4.78, 5) is 13.2. The Balaban J connectivity index is 1.25. The van der Waals surface area contributed by atoms with E-state index < -0.39 is 0 Å². The molecule has 0 aliphatic heterocycles. The number of carbonyl (C=O) groups is 1. The lowest BCUT2D eigenvalue weighted by Gasteiger charge is -2.19. The number of carbonyl (C=O) groups excluding carboxylic acids is 1. The molecule has 0 atom stereocenters. The molecule has 0 aliphatic carbocycles. The molecule has 1 N–H and O–H groups in total. The van der Waals surface area contributed by atoms with Crippen LogP contribution in [0.15, 0.2) is 133 Å². The van der Waals surface area contributed by atoms with Gasteiger partial charge in [0.1, 0.15) is 0 Å². The van der Waals surface area contributed by atoms with E-state index in [2.05, 4.69) is 66.0 Å². The van der Waals surface area contributed by atoms with Crippen LogP contribution in [0.25, 0.3) is 11.1 Å². The van der Waals surface area contributed by atoms with E-state index in [1.165, 1.54) is 22.3 Å². The van der Waals surface area contributed by atoms with E-state index in [1.807, 2.05) is 78.9 Å². The first-order valence-corrected chi connectivity index (χ1v) is 13.3. The van der Waals surface area contributed by atoms with E-state index in [4.69, 9.17) is 5.26 Å². The van der Waals surface area contributed by atoms with Crippen LogP contribution in [0.1, 0.15) is 44.1 Å². The molecule has 190 valence electrons. The molecule has 0 fully saturated rings. The normalized spacial score (nSPS) is 10.7. The van der Waals surface area contributed by atoms with E-state index in [-0.39, 0.29) is 11.8 Å². The Hall–Kier alpha value is -4.94. The van der Waals surface area contributed by atoms with Crippen LogP contribution in [-0.2, 0) is 12.8 Å². The van der Waals surface area contributed by atoms with Crippen LogP contribution in [-0.4, -0.2) is 12.5 Å². The number of nitriles is 1. The summed E-state index contributed by atoms with van der Waals surface area (Å²) in [6.45, 7) is 0.517. The van der Waals surface area contributed by atoms with Gasteiger partial charge in [-0.15, -0.1) is 0 Å². The summed E-state index contributed by atoms with van der Waals surface area (Å²) < 4.78 is 0. The van der Waals surface area contributed by atoms with Crippen molar-refractivity contribution < 1.29 is 4.79 Å². The van der Waals surface area contributed by atoms with Crippen molar-refractivity contribution in [2.75, 3.05) is 6.54 Å². The molecule has 0 aromatic heterocycles. The largest absolute Gasteiger partial charge is 0.351 e. The highest BCUT2D eigenvalue weighted by Gasteiger charge is 2.16. The van der Waals surface area contributed by atoms with Gasteiger partial charge in [-0.05, 0) is 70.5 Å². The minimum atomic E-state index is -0.0788. The van der Waals surface area contributed by atoms with Gasteiger partial charge in [-0.1, -0.05) is 109 Å². The van der Waals surface area contributed by atoms with Gasteiger partial charge in [0.2, 0.25) is 0 Å². The predicted octanol–water partition coefficient (Wildman–Crippen LogP) is 7.57. The fraction of sp³-hybridized carbons (Fsp3) is 0.111. The zero-order valence-electron chi connectivity index (χ0n) is 21.8. The fourth-order valence-electron chi connectivity index (χ4n) is 4.88. The molecule has 39 heavy (non-hydrogen) atoms. The van der Waals surface area contributed by atoms with Gasteiger partial charge in [0, 0.05) is 18.0 Å². The predicted molar refractivity (Wildman–Crippen MR) is 158 cm³/mol. The summed E-state index contributed by atoms with van der Waals surface area (Å²) in [7, 11) is 0. The third-order valence-electron chi connectivity index (χ3n) is 7.04. The molecule has 5 aromatic rings. The van der Waals surface area contributed by atoms with Crippen LogP contribution in [0.4, 0.5) is 0 Å². The monoisotopic (exact) mass is 506 g/mol. The zero-order valence-corrected chi connectivity index (χ0v) is 21.8. The Morgan fingerprint density at radius 1 is 0.641 bits per heavy atom. The van der Waals surface area contributed by atoms with Crippen LogP contribution in [0.2, 0.25) is 0 Å². The summed E-state index contributed by atoms with van der Waals surface area (Å²) in [5.74, 6) is -0.000569. The van der Waals surface area contributed by atoms with E-state index >= 15 is 0 Å². The Labute approximate surface area is 230 Å². The molecule has 3 heteroatoms. The van der Waals surface area contributed by atoms with Crippen molar-refractivity contribution in [2.45, 2.75) is 18.8 Å². The lowest BCUT2D eigenvalue weighted by atomic mass is 9.91. The maximum absolute atomic E-state index is 13.2. The van der Waals surface area contributed by atoms with E-state index in [0.717, 1.165) is 24.0 Å². The highest BCUT2D eigenvalue weighted by Crippen LogP contribution is 2.25. The zero-order chi connectivity index (χ0) is 26.9. The maximum Gasteiger partial charge on any atom is 0.251 e. The lowest BCUT2D eigenvalue weighted by molar-refractivity contribution is 0.0952. The Kier molecular flexibility index (Phi) is 8.26. The lowest BCUT2D eigenvalue weighted by Crippen LogP contribution is -2.29. The third kappa shape index (κ3) is 6.69. The molecule has 0 radical (unpaired) electrons. The third-order valence-corrected chi connectivity index (χ3v) is 7.04. The molecular formula is C36H30N2O. The second-order valence-corrected chi connectivity index (χ2v) is 9.67. The van der Waals surface area contributed by atoms with Gasteiger partial charge in [-0.2, -0.15) is 5.26 Å². The average Bonchev–Trinajstić information content (AvgIpc) is 3.01. The molecule has 0 saturated heterocycles. The second-order valence-electron chi connectivity index (χ2n) is 9.67. The number of hydrogen-bond acceptors (Lipinski definition) is 2. The molecule has 0 bridgehead atoms. The Morgan fingerprint density at radius 3 is 1.95 bits per heavy atom. The molecular weight excluding hydrogens is 476 g/mol. The highest BCUT2D eigenvalue weighted by molar-refractivity contribution is 5.95. The van der Waals surface area contributed by atoms with Crippen LogP contribution >= 0.6 is 0 Å². The SMILES string of the molecule is N#Cc1cccc(CCc2ccc(-c3cccc(C(=O)NCC(c4ccccc4)c4ccccc4)c3)cc2)c1. The molecule has 0 aliphatic rings. The molecule has 1 amide bonds. The van der Waals surface area contributed by atoms with Crippen LogP contribution in [0.5, 0.6) is 0 Å². The van der Waals surface area contributed by atoms with Crippen LogP contribution in [0, 0.1) is 11.3 Å². The van der Waals surface area contributed by atoms with Gasteiger partial charge >= 0.3 is 0 Å². The molecule has 0 unspecified atom stereocenters. The number of amides is 1. The first-order chi connectivity index (χ1) is 19.2. The number of nitrogens with zero attached hydrogens (tertiary/aromatic N) is 1. The Bertz CT molecular complexity index is 1530. The summed E-state index contributed by atoms with van der Waals surface area (Å²) in [5.41, 5.74) is 8.19. The molecule has 3 nitrogen and oxygen atoms in total. The van der Waals surface area contributed by atoms with Crippen LogP contribution < -0.4 is 5.32 Å². The summed E-state index contributed by atoms with van der Waals surface area (Å²) in [6, 6.07) is 46.9. The number of rotatable bonds is 9. The fourth-order valence-corrected chi connectivity index (χ4v) is 4.88. The van der Waals surface area contributed by atoms with Gasteiger partial charge in [0.05, 0.1) is 11.6 Å². The van der Waals surface area contributed by atoms with Crippen molar-refractivity contribution >= 4 is 5.91 Å². The maximum atomic E-state index is 13.2. The standard InChI is InChI=1S/C36H30N2O/c37-25-29-10-7-9-28(23-29)18-17-27-19-21-30(22-20-27)33-15-8-16-34(24-33)36(39)38-26-35(31-11-3-1-4-12-31)32-13-5-2-6-14-32/h1-16,19-24,35H,17-18,26H2,(H,38,39). The summed E-state index contributed by atoms with van der Waals surface area (Å²) in [5, 5.41) is 12.3. The smallest absolute Gasteiger partial charge is 0.251 e. The van der Waals surface area contributed by atoms with Crippen molar-refractivity contribution in [1.29, 1.82) is 5.26 Å². The van der Waals surface area contributed by atoms with Gasteiger partial charge in [-0.25, -0.2) is 0 Å². The number of aryl methyl sites for hydroxylation is 2. The molecule has 0 spiro atoms. The van der Waals surface area contributed by atoms with Gasteiger partial charge in [-0.3, -0.25) is 4.79 Å². The van der Waals surface area contributed by atoms with Gasteiger partial charge in [0.25, 0.3) is 5.91 Å². The second kappa shape index (κ2) is 12.5. The first-order valence-electron chi connectivity index (χ1n) is 13.3. The van der Waals surface area contributed by atoms with E-state index in [9.17, 15) is 4.79 Å². The van der Waals surface area contributed by atoms with Crippen molar-refractivity contribution in [3.8, 4) is 17.2 Å². The highest BCUT2D eigenvalue weighted by atomic mass is 16.1. The number of nitrogens with one attached hydrogen (secondary N) is 1. The first kappa shape index (κ1) is 25.7. The topological polar surface area (TPSA) is 52.9 Å². The Morgan fingerprint density at radius 2 is 1.28 bits per heavy atom. The van der Waals surface area contributed by atoms with Crippen molar-refractivity contribution in [2.24, 2.45) is 0 Å². The minimum absolute atomic E-state index is 0.0782. The average molecular weight is 507 g/mol. The van der Waals surface area contributed by atoms with Crippen LogP contribution in [0.3, 0.4) is 0 Å². The van der Waals surface area contributed by atoms with Gasteiger partial charge < -0.3 is 5.32 Å². The van der Waals surface area contributed by atoms with E-state index in [1.54, 1.807) is 0 Å². The van der Waals surface area contributed by atoms with Crippen molar-refractivity contribution in [3.05, 3.63) is 167 Å². The minimum Gasteiger partial charge on any atom is -0.351 e. The quantitative estimate of drug-likeness (QED) is 0.224. The molecule has 5 rings (SSSR count). The summed E-state index contributed by atoms with van der Waals surface area (Å²) >= 11 is 0. The van der Waals surface area contributed by atoms with E-state index in [0.29, 0.717) is 17.7 Å².